The molecule has 7 aromatic rings. The highest BCUT2D eigenvalue weighted by atomic mass is 16.5. The van der Waals surface area contributed by atoms with Crippen LogP contribution in [0.2, 0.25) is 0 Å². The monoisotopic (exact) mass is 604 g/mol. The van der Waals surface area contributed by atoms with Crippen molar-refractivity contribution in [3.05, 3.63) is 132 Å². The molecule has 7 rings (SSSR count). The van der Waals surface area contributed by atoms with Crippen LogP contribution in [0.4, 0.5) is 0 Å². The van der Waals surface area contributed by atoms with E-state index < -0.39 is 0 Å². The van der Waals surface area contributed by atoms with Crippen molar-refractivity contribution in [2.45, 2.75) is 59.8 Å². The van der Waals surface area contributed by atoms with Crippen LogP contribution in [0.5, 0.6) is 11.5 Å². The van der Waals surface area contributed by atoms with E-state index in [2.05, 4.69) is 122 Å². The van der Waals surface area contributed by atoms with Crippen LogP contribution in [-0.2, 0) is 19.3 Å². The molecule has 0 spiro atoms. The number of rotatable bonds is 10. The molecule has 0 aliphatic carbocycles. The van der Waals surface area contributed by atoms with Gasteiger partial charge >= 0.3 is 0 Å². The highest BCUT2D eigenvalue weighted by Crippen LogP contribution is 2.37. The average molecular weight is 605 g/mol. The summed E-state index contributed by atoms with van der Waals surface area (Å²) in [5.74, 6) is 2.46. The van der Waals surface area contributed by atoms with E-state index in [4.69, 9.17) is 14.8 Å². The topological polar surface area (TPSA) is 44.9 Å². The molecule has 0 saturated heterocycles. The van der Waals surface area contributed by atoms with Crippen LogP contribution in [0.3, 0.4) is 0 Å². The minimum absolute atomic E-state index is 0.770. The van der Waals surface area contributed by atoms with E-state index in [1.165, 1.54) is 51.6 Å². The molecule has 5 heteroatoms. The SMILES string of the molecule is CCCCc1ccc2c(c1)c1ccc(Oc3cccc(-n4nc(CC)c(-c5ccccc5)c4CC)c3)cc1n2-c1cc(C)ccn1. The third-order valence-electron chi connectivity index (χ3n) is 8.83. The van der Waals surface area contributed by atoms with E-state index in [1.807, 2.05) is 24.4 Å². The summed E-state index contributed by atoms with van der Waals surface area (Å²) in [6.45, 7) is 8.72. The van der Waals surface area contributed by atoms with Crippen molar-refractivity contribution < 1.29 is 4.74 Å². The van der Waals surface area contributed by atoms with Crippen LogP contribution in [0.15, 0.2) is 109 Å². The first kappa shape index (κ1) is 29.5. The van der Waals surface area contributed by atoms with E-state index in [1.54, 1.807) is 0 Å². The van der Waals surface area contributed by atoms with Gasteiger partial charge in [0.05, 0.1) is 28.1 Å². The first-order valence-electron chi connectivity index (χ1n) is 16.5. The number of fused-ring (bicyclic) bond motifs is 3. The van der Waals surface area contributed by atoms with E-state index >= 15 is 0 Å². The number of ether oxygens (including phenoxy) is 1. The summed E-state index contributed by atoms with van der Waals surface area (Å²) in [7, 11) is 0. The quantitative estimate of drug-likeness (QED) is 0.156. The lowest BCUT2D eigenvalue weighted by Crippen LogP contribution is -2.02. The molecule has 46 heavy (non-hydrogen) atoms. The second-order valence-electron chi connectivity index (χ2n) is 12.0. The summed E-state index contributed by atoms with van der Waals surface area (Å²) in [5, 5.41) is 7.53. The Morgan fingerprint density at radius 1 is 0.717 bits per heavy atom. The molecule has 0 aliphatic rings. The van der Waals surface area contributed by atoms with E-state index in [0.29, 0.717) is 0 Å². The van der Waals surface area contributed by atoms with Gasteiger partial charge in [0.2, 0.25) is 0 Å². The number of aromatic nitrogens is 4. The Bertz CT molecular complexity index is 2160. The van der Waals surface area contributed by atoms with Gasteiger partial charge in [0.1, 0.15) is 17.3 Å². The Labute approximate surface area is 271 Å². The number of pyridine rings is 1. The van der Waals surface area contributed by atoms with Crippen LogP contribution in [0.1, 0.15) is 56.1 Å². The number of benzene rings is 4. The van der Waals surface area contributed by atoms with Crippen molar-refractivity contribution in [1.29, 1.82) is 0 Å². The fraction of sp³-hybridized carbons (Fsp3) is 0.220. The van der Waals surface area contributed by atoms with Gasteiger partial charge in [-0.15, -0.1) is 0 Å². The summed E-state index contributed by atoms with van der Waals surface area (Å²) in [6.07, 6.45) is 7.08. The smallest absolute Gasteiger partial charge is 0.137 e. The predicted molar refractivity (Wildman–Crippen MR) is 190 cm³/mol. The fourth-order valence-electron chi connectivity index (χ4n) is 6.58. The van der Waals surface area contributed by atoms with Crippen molar-refractivity contribution in [2.24, 2.45) is 0 Å². The highest BCUT2D eigenvalue weighted by Gasteiger charge is 2.19. The van der Waals surface area contributed by atoms with Crippen molar-refractivity contribution >= 4 is 21.8 Å². The normalized spacial score (nSPS) is 11.5. The molecule has 4 aromatic carbocycles. The second kappa shape index (κ2) is 12.7. The Kier molecular flexibility index (Phi) is 8.15. The van der Waals surface area contributed by atoms with E-state index in [9.17, 15) is 0 Å². The van der Waals surface area contributed by atoms with Crippen molar-refractivity contribution in [2.75, 3.05) is 0 Å². The highest BCUT2D eigenvalue weighted by molar-refractivity contribution is 6.09. The molecule has 0 saturated carbocycles. The second-order valence-corrected chi connectivity index (χ2v) is 12.0. The zero-order valence-electron chi connectivity index (χ0n) is 27.1. The molecular formula is C41H40N4O. The number of hydrogen-bond donors (Lipinski definition) is 0. The molecular weight excluding hydrogens is 564 g/mol. The van der Waals surface area contributed by atoms with Gasteiger partial charge < -0.3 is 4.74 Å². The fourth-order valence-corrected chi connectivity index (χ4v) is 6.58. The van der Waals surface area contributed by atoms with Gasteiger partial charge in [-0.1, -0.05) is 69.7 Å². The molecule has 0 bridgehead atoms. The Morgan fingerprint density at radius 2 is 1.57 bits per heavy atom. The number of aryl methyl sites for hydroxylation is 3. The van der Waals surface area contributed by atoms with Gasteiger partial charge in [0.25, 0.3) is 0 Å². The Balaban J connectivity index is 1.30. The molecule has 3 aromatic heterocycles. The summed E-state index contributed by atoms with van der Waals surface area (Å²) in [6, 6.07) is 36.3. The first-order chi connectivity index (χ1) is 22.6. The molecule has 230 valence electrons. The maximum atomic E-state index is 6.58. The van der Waals surface area contributed by atoms with Gasteiger partial charge in [-0.2, -0.15) is 5.10 Å². The average Bonchev–Trinajstić information content (AvgIpc) is 3.63. The molecule has 0 N–H and O–H groups in total. The molecule has 5 nitrogen and oxygen atoms in total. The number of nitrogens with zero attached hydrogens (tertiary/aromatic N) is 4. The third-order valence-corrected chi connectivity index (χ3v) is 8.83. The minimum Gasteiger partial charge on any atom is -0.457 e. The maximum absolute atomic E-state index is 6.58. The van der Waals surface area contributed by atoms with Gasteiger partial charge in [0, 0.05) is 34.7 Å². The lowest BCUT2D eigenvalue weighted by Gasteiger charge is -2.12. The molecule has 0 amide bonds. The summed E-state index contributed by atoms with van der Waals surface area (Å²) in [5.41, 5.74) is 10.5. The zero-order chi connectivity index (χ0) is 31.6. The Hall–Kier alpha value is -5.16. The predicted octanol–water partition coefficient (Wildman–Crippen LogP) is 10.6. The van der Waals surface area contributed by atoms with Crippen LogP contribution in [0.25, 0.3) is 44.4 Å². The minimum atomic E-state index is 0.770. The standard InChI is InChI=1S/C41H40N4O/c1-5-8-13-29-18-21-38-35(25-29)34-20-19-33(27-39(34)44(38)40-24-28(4)22-23-42-40)46-32-17-12-16-31(26-32)45-37(7-3)41(36(6-2)43-45)30-14-10-9-11-15-30/h9-12,14-27H,5-8,13H2,1-4H3. The van der Waals surface area contributed by atoms with Crippen molar-refractivity contribution in [3.63, 3.8) is 0 Å². The molecule has 0 aliphatic heterocycles. The van der Waals surface area contributed by atoms with Crippen LogP contribution < -0.4 is 4.74 Å². The lowest BCUT2D eigenvalue weighted by atomic mass is 10.0. The van der Waals surface area contributed by atoms with Crippen LogP contribution >= 0.6 is 0 Å². The van der Waals surface area contributed by atoms with E-state index in [-0.39, 0.29) is 0 Å². The third kappa shape index (κ3) is 5.47. The summed E-state index contributed by atoms with van der Waals surface area (Å²) >= 11 is 0. The van der Waals surface area contributed by atoms with Gasteiger partial charge in [-0.25, -0.2) is 9.67 Å². The number of unbranched alkanes of at least 4 members (excludes halogenated alkanes) is 1. The zero-order valence-corrected chi connectivity index (χ0v) is 27.1. The first-order valence-corrected chi connectivity index (χ1v) is 16.5. The van der Waals surface area contributed by atoms with Crippen LogP contribution in [0, 0.1) is 6.92 Å². The number of hydrogen-bond acceptors (Lipinski definition) is 3. The van der Waals surface area contributed by atoms with Gasteiger partial charge in [-0.05, 0) is 97.8 Å². The van der Waals surface area contributed by atoms with E-state index in [0.717, 1.165) is 59.0 Å². The molecule has 0 unspecified atom stereocenters. The largest absolute Gasteiger partial charge is 0.457 e. The maximum Gasteiger partial charge on any atom is 0.137 e. The molecule has 3 heterocycles. The molecule has 0 fully saturated rings. The summed E-state index contributed by atoms with van der Waals surface area (Å²) in [4.78, 5) is 4.78. The van der Waals surface area contributed by atoms with Crippen molar-refractivity contribution in [1.82, 2.24) is 19.3 Å². The van der Waals surface area contributed by atoms with Crippen LogP contribution in [-0.4, -0.2) is 19.3 Å². The summed E-state index contributed by atoms with van der Waals surface area (Å²) < 4.78 is 10.9. The molecule has 0 radical (unpaired) electrons. The van der Waals surface area contributed by atoms with Gasteiger partial charge in [-0.3, -0.25) is 4.57 Å². The van der Waals surface area contributed by atoms with Crippen molar-refractivity contribution in [3.8, 4) is 34.1 Å². The molecule has 0 atom stereocenters. The Morgan fingerprint density at radius 3 is 2.35 bits per heavy atom. The lowest BCUT2D eigenvalue weighted by molar-refractivity contribution is 0.482. The van der Waals surface area contributed by atoms with Gasteiger partial charge in [0.15, 0.2) is 0 Å².